The zero-order chi connectivity index (χ0) is 23.8. The zero-order valence-corrected chi connectivity index (χ0v) is 19.7. The fraction of sp³-hybridized carbons (Fsp3) is 0.440. The van der Waals surface area contributed by atoms with E-state index in [1.165, 1.54) is 6.07 Å². The maximum Gasteiger partial charge on any atom is 0.336 e. The van der Waals surface area contributed by atoms with Gasteiger partial charge in [-0.05, 0) is 48.2 Å². The summed E-state index contributed by atoms with van der Waals surface area (Å²) in [6.07, 6.45) is -0.605. The highest BCUT2D eigenvalue weighted by Gasteiger charge is 2.18. The van der Waals surface area contributed by atoms with Crippen LogP contribution in [-0.2, 0) is 4.74 Å². The van der Waals surface area contributed by atoms with Crippen molar-refractivity contribution in [2.24, 2.45) is 11.8 Å². The molecule has 0 amide bonds. The van der Waals surface area contributed by atoms with Crippen LogP contribution in [0.2, 0.25) is 0 Å². The first-order chi connectivity index (χ1) is 15.8. The molecule has 0 aliphatic rings. The van der Waals surface area contributed by atoms with Crippen molar-refractivity contribution in [1.29, 1.82) is 0 Å². The van der Waals surface area contributed by atoms with E-state index in [-0.39, 0.29) is 18.4 Å². The first kappa shape index (κ1) is 24.7. The van der Waals surface area contributed by atoms with Gasteiger partial charge >= 0.3 is 6.01 Å². The molecule has 178 valence electrons. The summed E-state index contributed by atoms with van der Waals surface area (Å²) >= 11 is 0. The van der Waals surface area contributed by atoms with E-state index in [0.29, 0.717) is 48.7 Å². The number of hydrogen-bond acceptors (Lipinski definition) is 6. The summed E-state index contributed by atoms with van der Waals surface area (Å²) in [6, 6.07) is 14.1. The average Bonchev–Trinajstić information content (AvgIpc) is 3.21. The van der Waals surface area contributed by atoms with E-state index >= 15 is 0 Å². The minimum atomic E-state index is -0.605. The standard InChI is InChI=1S/C25H33FN4O3/c1-17(2)14-32-16-21(31)13-27-19-9-11-20(12-10-19)30-24(22-7-5-6-8-23(22)26)28-25(29-30)33-15-18(3)4/h5-12,17-18,21,27,31H,13-16H2,1-4H3/t21-/m1/s1. The van der Waals surface area contributed by atoms with E-state index in [1.54, 1.807) is 22.9 Å². The second kappa shape index (κ2) is 11.8. The first-order valence-corrected chi connectivity index (χ1v) is 11.3. The van der Waals surface area contributed by atoms with Gasteiger partial charge in [-0.1, -0.05) is 39.8 Å². The predicted octanol–water partition coefficient (Wildman–Crippen LogP) is 4.55. The second-order valence-electron chi connectivity index (χ2n) is 8.83. The Balaban J connectivity index is 1.74. The molecule has 2 N–H and O–H groups in total. The van der Waals surface area contributed by atoms with Crippen LogP contribution in [-0.4, -0.2) is 52.3 Å². The Kier molecular flexibility index (Phi) is 8.79. The molecule has 8 heteroatoms. The van der Waals surface area contributed by atoms with Gasteiger partial charge in [-0.3, -0.25) is 0 Å². The number of aliphatic hydroxyl groups excluding tert-OH is 1. The van der Waals surface area contributed by atoms with Crippen molar-refractivity contribution in [2.75, 3.05) is 31.7 Å². The minimum absolute atomic E-state index is 0.202. The van der Waals surface area contributed by atoms with Gasteiger partial charge < -0.3 is 19.9 Å². The zero-order valence-electron chi connectivity index (χ0n) is 19.7. The van der Waals surface area contributed by atoms with Crippen molar-refractivity contribution in [2.45, 2.75) is 33.8 Å². The SMILES string of the molecule is CC(C)COC[C@H](O)CNc1ccc(-n2nc(OCC(C)C)nc2-c2ccccc2F)cc1. The molecular formula is C25H33FN4O3. The van der Waals surface area contributed by atoms with Crippen molar-refractivity contribution in [3.8, 4) is 23.1 Å². The summed E-state index contributed by atoms with van der Waals surface area (Å²) in [5, 5.41) is 17.7. The Morgan fingerprint density at radius 3 is 2.33 bits per heavy atom. The second-order valence-corrected chi connectivity index (χ2v) is 8.83. The van der Waals surface area contributed by atoms with Gasteiger partial charge in [-0.15, -0.1) is 5.10 Å². The number of nitrogens with one attached hydrogen (secondary N) is 1. The summed E-state index contributed by atoms with van der Waals surface area (Å²) in [5.41, 5.74) is 1.90. The van der Waals surface area contributed by atoms with Crippen molar-refractivity contribution in [3.05, 3.63) is 54.3 Å². The molecule has 1 atom stereocenters. The third kappa shape index (κ3) is 7.27. The highest BCUT2D eigenvalue weighted by Crippen LogP contribution is 2.26. The lowest BCUT2D eigenvalue weighted by molar-refractivity contribution is 0.0318. The molecule has 0 bridgehead atoms. The van der Waals surface area contributed by atoms with Gasteiger partial charge in [-0.25, -0.2) is 9.07 Å². The maximum atomic E-state index is 14.5. The van der Waals surface area contributed by atoms with Gasteiger partial charge in [0, 0.05) is 18.8 Å². The summed E-state index contributed by atoms with van der Waals surface area (Å²) in [4.78, 5) is 4.44. The van der Waals surface area contributed by atoms with E-state index < -0.39 is 6.10 Å². The van der Waals surface area contributed by atoms with Crippen molar-refractivity contribution in [3.63, 3.8) is 0 Å². The first-order valence-electron chi connectivity index (χ1n) is 11.3. The summed E-state index contributed by atoms with van der Waals surface area (Å²) in [5.74, 6) is 0.726. The van der Waals surface area contributed by atoms with Gasteiger partial charge in [0.2, 0.25) is 0 Å². The topological polar surface area (TPSA) is 81.4 Å². The highest BCUT2D eigenvalue weighted by atomic mass is 19.1. The summed E-state index contributed by atoms with van der Waals surface area (Å²) in [6.45, 7) is 9.95. The van der Waals surface area contributed by atoms with Crippen LogP contribution < -0.4 is 10.1 Å². The lowest BCUT2D eigenvalue weighted by Gasteiger charge is -2.14. The molecule has 0 fully saturated rings. The quantitative estimate of drug-likeness (QED) is 0.416. The van der Waals surface area contributed by atoms with Crippen molar-refractivity contribution in [1.82, 2.24) is 14.8 Å². The molecule has 0 unspecified atom stereocenters. The van der Waals surface area contributed by atoms with E-state index in [9.17, 15) is 9.50 Å². The molecule has 7 nitrogen and oxygen atoms in total. The molecule has 0 radical (unpaired) electrons. The van der Waals surface area contributed by atoms with Gasteiger partial charge in [-0.2, -0.15) is 4.98 Å². The summed E-state index contributed by atoms with van der Waals surface area (Å²) in [7, 11) is 0. The highest BCUT2D eigenvalue weighted by molar-refractivity contribution is 5.60. The maximum absolute atomic E-state index is 14.5. The number of aromatic nitrogens is 3. The van der Waals surface area contributed by atoms with Crippen LogP contribution in [0.15, 0.2) is 48.5 Å². The molecule has 0 saturated carbocycles. The van der Waals surface area contributed by atoms with Gasteiger partial charge in [0.05, 0.1) is 30.6 Å². The number of rotatable bonds is 12. The van der Waals surface area contributed by atoms with E-state index in [1.807, 2.05) is 38.1 Å². The molecule has 0 aliphatic carbocycles. The van der Waals surface area contributed by atoms with E-state index in [4.69, 9.17) is 9.47 Å². The monoisotopic (exact) mass is 456 g/mol. The number of anilines is 1. The van der Waals surface area contributed by atoms with E-state index in [0.717, 1.165) is 5.69 Å². The van der Waals surface area contributed by atoms with Crippen LogP contribution >= 0.6 is 0 Å². The Hall–Kier alpha value is -2.97. The normalized spacial score (nSPS) is 12.4. The molecule has 3 rings (SSSR count). The molecule has 0 saturated heterocycles. The summed E-state index contributed by atoms with van der Waals surface area (Å²) < 4.78 is 27.2. The fourth-order valence-corrected chi connectivity index (χ4v) is 3.05. The third-order valence-electron chi connectivity index (χ3n) is 4.66. The van der Waals surface area contributed by atoms with Crippen molar-refractivity contribution < 1.29 is 19.0 Å². The molecule has 1 heterocycles. The fourth-order valence-electron chi connectivity index (χ4n) is 3.05. The number of ether oxygens (including phenoxy) is 2. The molecule has 0 aliphatic heterocycles. The van der Waals surface area contributed by atoms with Gasteiger partial charge in [0.15, 0.2) is 5.82 Å². The number of hydrogen-bond donors (Lipinski definition) is 2. The van der Waals surface area contributed by atoms with Crippen LogP contribution in [0.3, 0.4) is 0 Å². The lowest BCUT2D eigenvalue weighted by Crippen LogP contribution is -2.25. The number of nitrogens with zero attached hydrogens (tertiary/aromatic N) is 3. The number of halogens is 1. The van der Waals surface area contributed by atoms with Crippen LogP contribution in [0, 0.1) is 17.7 Å². The Morgan fingerprint density at radius 1 is 0.970 bits per heavy atom. The third-order valence-corrected chi connectivity index (χ3v) is 4.66. The van der Waals surface area contributed by atoms with Gasteiger partial charge in [0.1, 0.15) is 5.82 Å². The van der Waals surface area contributed by atoms with Crippen LogP contribution in [0.25, 0.3) is 17.1 Å². The smallest absolute Gasteiger partial charge is 0.336 e. The van der Waals surface area contributed by atoms with Gasteiger partial charge in [0.25, 0.3) is 0 Å². The molecule has 2 aromatic carbocycles. The van der Waals surface area contributed by atoms with E-state index in [2.05, 4.69) is 29.2 Å². The Bertz CT molecular complexity index is 1010. The Morgan fingerprint density at radius 2 is 1.67 bits per heavy atom. The van der Waals surface area contributed by atoms with Crippen LogP contribution in [0.1, 0.15) is 27.7 Å². The predicted molar refractivity (Wildman–Crippen MR) is 127 cm³/mol. The molecular weight excluding hydrogens is 423 g/mol. The lowest BCUT2D eigenvalue weighted by atomic mass is 10.2. The number of aliphatic hydroxyl groups is 1. The largest absolute Gasteiger partial charge is 0.462 e. The molecule has 3 aromatic rings. The average molecular weight is 457 g/mol. The molecule has 33 heavy (non-hydrogen) atoms. The van der Waals surface area contributed by atoms with Crippen LogP contribution in [0.4, 0.5) is 10.1 Å². The van der Waals surface area contributed by atoms with Crippen molar-refractivity contribution >= 4 is 5.69 Å². The Labute approximate surface area is 194 Å². The number of benzene rings is 2. The van der Waals surface area contributed by atoms with Crippen LogP contribution in [0.5, 0.6) is 6.01 Å². The molecule has 1 aromatic heterocycles. The minimum Gasteiger partial charge on any atom is -0.462 e. The molecule has 0 spiro atoms.